The van der Waals surface area contributed by atoms with Crippen molar-refractivity contribution in [3.05, 3.63) is 52.0 Å². The van der Waals surface area contributed by atoms with Crippen LogP contribution in [0, 0.1) is 0 Å². The van der Waals surface area contributed by atoms with Gasteiger partial charge in [0.2, 0.25) is 0 Å². The highest BCUT2D eigenvalue weighted by molar-refractivity contribution is 7.80. The van der Waals surface area contributed by atoms with Gasteiger partial charge in [0.15, 0.2) is 5.11 Å². The normalized spacial score (nSPS) is 10.0. The van der Waals surface area contributed by atoms with Crippen molar-refractivity contribution < 1.29 is 14.3 Å². The summed E-state index contributed by atoms with van der Waals surface area (Å²) in [6.45, 7) is 0. The Morgan fingerprint density at radius 2 is 1.71 bits per heavy atom. The molecule has 1 amide bonds. The molecule has 5 nitrogen and oxygen atoms in total. The van der Waals surface area contributed by atoms with E-state index in [0.717, 1.165) is 0 Å². The minimum atomic E-state index is -0.414. The second-order valence-electron chi connectivity index (χ2n) is 4.61. The van der Waals surface area contributed by atoms with Crippen molar-refractivity contribution in [2.75, 3.05) is 19.5 Å². The maximum Gasteiger partial charge on any atom is 0.257 e. The van der Waals surface area contributed by atoms with E-state index in [1.54, 1.807) is 36.4 Å². The van der Waals surface area contributed by atoms with E-state index in [1.807, 2.05) is 0 Å². The third-order valence-electron chi connectivity index (χ3n) is 3.04. The van der Waals surface area contributed by atoms with Crippen LogP contribution in [-0.2, 0) is 0 Å². The van der Waals surface area contributed by atoms with Gasteiger partial charge in [-0.2, -0.15) is 0 Å². The number of amides is 1. The zero-order valence-corrected chi connectivity index (χ0v) is 15.2. The fraction of sp³-hybridized carbons (Fsp3) is 0.125. The molecule has 0 aliphatic heterocycles. The van der Waals surface area contributed by atoms with Crippen LogP contribution in [0.3, 0.4) is 0 Å². The van der Waals surface area contributed by atoms with Crippen molar-refractivity contribution in [3.8, 4) is 11.5 Å². The molecule has 2 aromatic rings. The van der Waals surface area contributed by atoms with Crippen molar-refractivity contribution in [3.63, 3.8) is 0 Å². The smallest absolute Gasteiger partial charge is 0.257 e. The van der Waals surface area contributed by atoms with E-state index >= 15 is 0 Å². The fourth-order valence-electron chi connectivity index (χ4n) is 1.87. The Labute approximate surface area is 154 Å². The minimum absolute atomic E-state index is 0.0888. The Morgan fingerprint density at radius 3 is 2.29 bits per heavy atom. The molecule has 0 aliphatic carbocycles. The van der Waals surface area contributed by atoms with Gasteiger partial charge in [-0.15, -0.1) is 0 Å². The van der Waals surface area contributed by atoms with Gasteiger partial charge >= 0.3 is 0 Å². The highest BCUT2D eigenvalue weighted by Crippen LogP contribution is 2.29. The fourth-order valence-corrected chi connectivity index (χ4v) is 2.42. The van der Waals surface area contributed by atoms with E-state index in [0.29, 0.717) is 32.8 Å². The molecule has 8 heteroatoms. The lowest BCUT2D eigenvalue weighted by molar-refractivity contribution is 0.0977. The monoisotopic (exact) mass is 384 g/mol. The highest BCUT2D eigenvalue weighted by Gasteiger charge is 2.13. The Kier molecular flexibility index (Phi) is 6.25. The van der Waals surface area contributed by atoms with Crippen LogP contribution in [-0.4, -0.2) is 25.2 Å². The van der Waals surface area contributed by atoms with Crippen LogP contribution >= 0.6 is 35.4 Å². The molecule has 0 spiro atoms. The first kappa shape index (κ1) is 18.3. The molecule has 0 unspecified atom stereocenters. The number of halogens is 2. The van der Waals surface area contributed by atoms with Crippen molar-refractivity contribution in [1.29, 1.82) is 0 Å². The number of carbonyl (C=O) groups is 1. The van der Waals surface area contributed by atoms with Crippen LogP contribution in [0.25, 0.3) is 0 Å². The highest BCUT2D eigenvalue weighted by atomic mass is 35.5. The number of carbonyl (C=O) groups excluding carboxylic acids is 1. The van der Waals surface area contributed by atoms with E-state index in [1.165, 1.54) is 14.2 Å². The molecule has 2 aromatic carbocycles. The van der Waals surface area contributed by atoms with E-state index in [4.69, 9.17) is 44.9 Å². The Bertz CT molecular complexity index is 762. The molecule has 0 heterocycles. The standard InChI is InChI=1S/C16H14Cl2N2O3S/c1-22-10-6-9(7-11(8-10)23-2)15(21)20-16(24)19-13-5-3-4-12(17)14(13)18/h3-8H,1-2H3,(H2,19,20,21,24). The third-order valence-corrected chi connectivity index (χ3v) is 4.06. The molecule has 126 valence electrons. The molecule has 0 saturated carbocycles. The number of rotatable bonds is 4. The zero-order valence-electron chi connectivity index (χ0n) is 12.9. The summed E-state index contributed by atoms with van der Waals surface area (Å²) in [5.74, 6) is 0.579. The molecule has 24 heavy (non-hydrogen) atoms. The summed E-state index contributed by atoms with van der Waals surface area (Å²) in [4.78, 5) is 12.3. The lowest BCUT2D eigenvalue weighted by Crippen LogP contribution is -2.34. The zero-order chi connectivity index (χ0) is 17.7. The van der Waals surface area contributed by atoms with Crippen LogP contribution in [0.15, 0.2) is 36.4 Å². The van der Waals surface area contributed by atoms with Gasteiger partial charge in [0.1, 0.15) is 11.5 Å². The molecular formula is C16H14Cl2N2O3S. The maximum atomic E-state index is 12.3. The van der Waals surface area contributed by atoms with E-state index in [9.17, 15) is 4.79 Å². The van der Waals surface area contributed by atoms with Crippen LogP contribution in [0.2, 0.25) is 10.0 Å². The van der Waals surface area contributed by atoms with Crippen LogP contribution in [0.5, 0.6) is 11.5 Å². The molecule has 0 aromatic heterocycles. The van der Waals surface area contributed by atoms with Gasteiger partial charge in [-0.1, -0.05) is 29.3 Å². The van der Waals surface area contributed by atoms with Gasteiger partial charge in [-0.05, 0) is 36.5 Å². The van der Waals surface area contributed by atoms with Crippen molar-refractivity contribution in [1.82, 2.24) is 5.32 Å². The maximum absolute atomic E-state index is 12.3. The molecule has 2 N–H and O–H groups in total. The summed E-state index contributed by atoms with van der Waals surface area (Å²) < 4.78 is 10.3. The molecular weight excluding hydrogens is 371 g/mol. The Morgan fingerprint density at radius 1 is 1.08 bits per heavy atom. The summed E-state index contributed by atoms with van der Waals surface area (Å²) in [5.41, 5.74) is 0.838. The molecule has 0 radical (unpaired) electrons. The topological polar surface area (TPSA) is 59.6 Å². The molecule has 0 bridgehead atoms. The second kappa shape index (κ2) is 8.19. The summed E-state index contributed by atoms with van der Waals surface area (Å²) in [7, 11) is 3.01. The number of thiocarbonyl (C=S) groups is 1. The summed E-state index contributed by atoms with van der Waals surface area (Å²) >= 11 is 17.1. The predicted octanol–water partition coefficient (Wildman–Crippen LogP) is 4.14. The quantitative estimate of drug-likeness (QED) is 0.775. The van der Waals surface area contributed by atoms with E-state index in [-0.39, 0.29) is 5.11 Å². The number of ether oxygens (including phenoxy) is 2. The molecule has 0 saturated heterocycles. The van der Waals surface area contributed by atoms with Gasteiger partial charge in [0.05, 0.1) is 30.0 Å². The van der Waals surface area contributed by atoms with Crippen molar-refractivity contribution in [2.45, 2.75) is 0 Å². The lowest BCUT2D eigenvalue weighted by atomic mass is 10.2. The molecule has 2 rings (SSSR count). The van der Waals surface area contributed by atoms with Crippen molar-refractivity contribution >= 4 is 52.1 Å². The van der Waals surface area contributed by atoms with Gasteiger partial charge in [-0.3, -0.25) is 10.1 Å². The largest absolute Gasteiger partial charge is 0.497 e. The SMILES string of the molecule is COc1cc(OC)cc(C(=O)NC(=S)Nc2cccc(Cl)c2Cl)c1. The third kappa shape index (κ3) is 4.50. The minimum Gasteiger partial charge on any atom is -0.497 e. The Hall–Kier alpha value is -2.02. The number of hydrogen-bond acceptors (Lipinski definition) is 4. The number of benzene rings is 2. The Balaban J connectivity index is 2.11. The first-order valence-corrected chi connectivity index (χ1v) is 7.90. The first-order chi connectivity index (χ1) is 11.4. The van der Waals surface area contributed by atoms with E-state index in [2.05, 4.69) is 10.6 Å². The number of methoxy groups -OCH3 is 2. The number of hydrogen-bond donors (Lipinski definition) is 2. The first-order valence-electron chi connectivity index (χ1n) is 6.74. The van der Waals surface area contributed by atoms with Crippen molar-refractivity contribution in [2.24, 2.45) is 0 Å². The van der Waals surface area contributed by atoms with E-state index < -0.39 is 5.91 Å². The van der Waals surface area contributed by atoms with Crippen LogP contribution in [0.4, 0.5) is 5.69 Å². The second-order valence-corrected chi connectivity index (χ2v) is 5.80. The average Bonchev–Trinajstić information content (AvgIpc) is 2.58. The summed E-state index contributed by atoms with van der Waals surface area (Å²) in [5, 5.41) is 6.18. The summed E-state index contributed by atoms with van der Waals surface area (Å²) in [6.07, 6.45) is 0. The molecule has 0 aliphatic rings. The summed E-state index contributed by atoms with van der Waals surface area (Å²) in [6, 6.07) is 9.88. The van der Waals surface area contributed by atoms with Gasteiger partial charge < -0.3 is 14.8 Å². The number of anilines is 1. The lowest BCUT2D eigenvalue weighted by Gasteiger charge is -2.12. The van der Waals surface area contributed by atoms with Gasteiger partial charge in [-0.25, -0.2) is 0 Å². The number of nitrogens with one attached hydrogen (secondary N) is 2. The van der Waals surface area contributed by atoms with Gasteiger partial charge in [0.25, 0.3) is 5.91 Å². The molecule has 0 atom stereocenters. The van der Waals surface area contributed by atoms with Crippen LogP contribution < -0.4 is 20.1 Å². The van der Waals surface area contributed by atoms with Crippen LogP contribution in [0.1, 0.15) is 10.4 Å². The predicted molar refractivity (Wildman–Crippen MR) is 99.7 cm³/mol. The van der Waals surface area contributed by atoms with Gasteiger partial charge in [0, 0.05) is 11.6 Å². The average molecular weight is 385 g/mol. The molecule has 0 fully saturated rings.